The van der Waals surface area contributed by atoms with Crippen molar-refractivity contribution in [1.82, 2.24) is 10.2 Å². The molecule has 3 heterocycles. The van der Waals surface area contributed by atoms with Gasteiger partial charge in [0.1, 0.15) is 11.4 Å². The van der Waals surface area contributed by atoms with E-state index >= 15 is 0 Å². The van der Waals surface area contributed by atoms with Crippen LogP contribution in [-0.4, -0.2) is 48.1 Å². The van der Waals surface area contributed by atoms with E-state index < -0.39 is 0 Å². The van der Waals surface area contributed by atoms with Gasteiger partial charge in [-0.25, -0.2) is 0 Å². The summed E-state index contributed by atoms with van der Waals surface area (Å²) in [4.78, 5) is 25.7. The Bertz CT molecular complexity index is 858. The van der Waals surface area contributed by atoms with Crippen molar-refractivity contribution in [3.63, 3.8) is 0 Å². The molecule has 6 nitrogen and oxygen atoms in total. The normalized spacial score (nSPS) is 28.1. The van der Waals surface area contributed by atoms with Crippen LogP contribution in [0.15, 0.2) is 18.2 Å². The van der Waals surface area contributed by atoms with Crippen LogP contribution in [0.2, 0.25) is 5.02 Å². The molecule has 0 radical (unpaired) electrons. The Morgan fingerprint density at radius 3 is 2.84 bits per heavy atom. The Balaban J connectivity index is 1.34. The zero-order valence-corrected chi connectivity index (χ0v) is 20.1. The molecule has 0 bridgehead atoms. The second-order valence-electron chi connectivity index (χ2n) is 10.0. The van der Waals surface area contributed by atoms with Gasteiger partial charge in [-0.3, -0.25) is 9.59 Å². The topological polar surface area (TPSA) is 67.9 Å². The number of benzene rings is 1. The van der Waals surface area contributed by atoms with E-state index in [2.05, 4.69) is 19.2 Å². The van der Waals surface area contributed by atoms with Gasteiger partial charge in [-0.2, -0.15) is 0 Å². The van der Waals surface area contributed by atoms with Crippen LogP contribution >= 0.6 is 11.6 Å². The molecular weight excluding hydrogens is 428 g/mol. The smallest absolute Gasteiger partial charge is 0.222 e. The summed E-state index contributed by atoms with van der Waals surface area (Å²) in [6.07, 6.45) is 5.31. The molecule has 4 rings (SSSR count). The number of amides is 2. The molecule has 3 aliphatic rings. The number of nitrogens with zero attached hydrogens (tertiary/aromatic N) is 1. The summed E-state index contributed by atoms with van der Waals surface area (Å²) in [6, 6.07) is 5.80. The van der Waals surface area contributed by atoms with E-state index in [4.69, 9.17) is 21.1 Å². The third-order valence-corrected chi connectivity index (χ3v) is 7.48. The average Bonchev–Trinajstić information content (AvgIpc) is 2.75. The third-order valence-electron chi connectivity index (χ3n) is 7.25. The van der Waals surface area contributed by atoms with Crippen LogP contribution in [0.1, 0.15) is 71.0 Å². The molecule has 0 saturated carbocycles. The van der Waals surface area contributed by atoms with E-state index in [0.717, 1.165) is 56.5 Å². The first-order valence-corrected chi connectivity index (χ1v) is 12.3. The number of likely N-dealkylation sites (tertiary alicyclic amines) is 1. The number of halogens is 1. The quantitative estimate of drug-likeness (QED) is 0.632. The maximum Gasteiger partial charge on any atom is 0.222 e. The molecule has 0 spiro atoms. The minimum Gasteiger partial charge on any atom is -0.487 e. The first-order valence-electron chi connectivity index (χ1n) is 11.9. The number of piperidine rings is 1. The maximum absolute atomic E-state index is 12.8. The van der Waals surface area contributed by atoms with Gasteiger partial charge in [0.25, 0.3) is 0 Å². The van der Waals surface area contributed by atoms with Crippen LogP contribution in [0, 0.1) is 11.8 Å². The Morgan fingerprint density at radius 1 is 1.25 bits per heavy atom. The molecule has 0 unspecified atom stereocenters. The zero-order chi connectivity index (χ0) is 22.9. The number of ether oxygens (including phenoxy) is 2. The molecule has 0 aromatic heterocycles. The maximum atomic E-state index is 12.8. The molecule has 1 aromatic carbocycles. The van der Waals surface area contributed by atoms with Gasteiger partial charge in [0.2, 0.25) is 11.8 Å². The molecule has 0 aliphatic carbocycles. The fraction of sp³-hybridized carbons (Fsp3) is 0.680. The van der Waals surface area contributed by atoms with E-state index in [1.165, 1.54) is 6.92 Å². The number of unbranched alkanes of at least 4 members (excludes halogenated alkanes) is 2. The SMILES string of the molecule is CC(=O)NCCCCCC(=O)N1CC[C@@H]2O[C@@H]3c4cc(Cl)ccc4OC(C)(C)[C@H]3C[C@@H]2C1. The Labute approximate surface area is 196 Å². The summed E-state index contributed by atoms with van der Waals surface area (Å²) in [5, 5.41) is 3.50. The highest BCUT2D eigenvalue weighted by molar-refractivity contribution is 6.30. The lowest BCUT2D eigenvalue weighted by atomic mass is 9.70. The van der Waals surface area contributed by atoms with E-state index in [0.29, 0.717) is 23.9 Å². The zero-order valence-electron chi connectivity index (χ0n) is 19.4. The van der Waals surface area contributed by atoms with Crippen LogP contribution in [0.5, 0.6) is 5.75 Å². The molecule has 1 N–H and O–H groups in total. The third kappa shape index (κ3) is 5.07. The lowest BCUT2D eigenvalue weighted by molar-refractivity contribution is -0.188. The average molecular weight is 463 g/mol. The summed E-state index contributed by atoms with van der Waals surface area (Å²) in [7, 11) is 0. The lowest BCUT2D eigenvalue weighted by Gasteiger charge is -2.53. The molecule has 4 atom stereocenters. The van der Waals surface area contributed by atoms with Crippen molar-refractivity contribution in [2.75, 3.05) is 19.6 Å². The van der Waals surface area contributed by atoms with Crippen molar-refractivity contribution < 1.29 is 19.1 Å². The monoisotopic (exact) mass is 462 g/mol. The highest BCUT2D eigenvalue weighted by atomic mass is 35.5. The van der Waals surface area contributed by atoms with E-state index in [9.17, 15) is 9.59 Å². The summed E-state index contributed by atoms with van der Waals surface area (Å²) in [5.74, 6) is 1.65. The Hall–Kier alpha value is -1.79. The van der Waals surface area contributed by atoms with E-state index in [-0.39, 0.29) is 35.5 Å². The van der Waals surface area contributed by atoms with Gasteiger partial charge in [0, 0.05) is 55.4 Å². The second-order valence-corrected chi connectivity index (χ2v) is 10.4. The van der Waals surface area contributed by atoms with E-state index in [1.807, 2.05) is 23.1 Å². The number of hydrogen-bond acceptors (Lipinski definition) is 4. The summed E-state index contributed by atoms with van der Waals surface area (Å²) in [6.45, 7) is 8.00. The molecule has 1 aromatic rings. The Kier molecular flexibility index (Phi) is 7.01. The standard InChI is InChI=1S/C25H35ClN2O4/c1-16(29)27-11-6-4-5-7-23(30)28-12-10-21-17(15-28)13-20-24(31-21)19-14-18(26)8-9-22(19)32-25(20,2)3/h8-9,14,17,20-21,24H,4-7,10-13,15H2,1-3H3,(H,27,29)/t17-,20+,21+,24-/m1/s1. The minimum atomic E-state index is -0.337. The fourth-order valence-electron chi connectivity index (χ4n) is 5.51. The number of nitrogens with one attached hydrogen (secondary N) is 1. The van der Waals surface area contributed by atoms with Crippen molar-refractivity contribution in [1.29, 1.82) is 0 Å². The van der Waals surface area contributed by atoms with Crippen LogP contribution in [0.3, 0.4) is 0 Å². The largest absolute Gasteiger partial charge is 0.487 e. The van der Waals surface area contributed by atoms with Gasteiger partial charge < -0.3 is 19.7 Å². The van der Waals surface area contributed by atoms with Crippen LogP contribution < -0.4 is 10.1 Å². The van der Waals surface area contributed by atoms with Gasteiger partial charge in [0.05, 0.1) is 12.2 Å². The number of hydrogen-bond donors (Lipinski definition) is 1. The first-order chi connectivity index (χ1) is 15.2. The number of carbonyl (C=O) groups excluding carboxylic acids is 2. The molecule has 2 amide bonds. The van der Waals surface area contributed by atoms with Crippen molar-refractivity contribution in [3.05, 3.63) is 28.8 Å². The van der Waals surface area contributed by atoms with Gasteiger partial charge in [-0.15, -0.1) is 0 Å². The molecule has 32 heavy (non-hydrogen) atoms. The number of rotatable bonds is 6. The van der Waals surface area contributed by atoms with Crippen LogP contribution in [-0.2, 0) is 14.3 Å². The van der Waals surface area contributed by atoms with Gasteiger partial charge in [-0.1, -0.05) is 18.0 Å². The predicted octanol–water partition coefficient (Wildman–Crippen LogP) is 4.50. The van der Waals surface area contributed by atoms with Gasteiger partial charge in [0.15, 0.2) is 0 Å². The van der Waals surface area contributed by atoms with Crippen LogP contribution in [0.25, 0.3) is 0 Å². The van der Waals surface area contributed by atoms with Crippen molar-refractivity contribution in [2.45, 2.75) is 77.1 Å². The summed E-state index contributed by atoms with van der Waals surface area (Å²) < 4.78 is 13.0. The van der Waals surface area contributed by atoms with Crippen molar-refractivity contribution in [3.8, 4) is 5.75 Å². The molecular formula is C25H35ClN2O4. The minimum absolute atomic E-state index is 0.000911. The summed E-state index contributed by atoms with van der Waals surface area (Å²) >= 11 is 6.28. The Morgan fingerprint density at radius 2 is 2.06 bits per heavy atom. The van der Waals surface area contributed by atoms with Crippen molar-refractivity contribution >= 4 is 23.4 Å². The molecule has 2 saturated heterocycles. The summed E-state index contributed by atoms with van der Waals surface area (Å²) in [5.41, 5.74) is 0.717. The number of fused-ring (bicyclic) bond motifs is 4. The fourth-order valence-corrected chi connectivity index (χ4v) is 5.69. The van der Waals surface area contributed by atoms with Crippen LogP contribution in [0.4, 0.5) is 0 Å². The predicted molar refractivity (Wildman–Crippen MR) is 124 cm³/mol. The molecule has 176 valence electrons. The van der Waals surface area contributed by atoms with Gasteiger partial charge >= 0.3 is 0 Å². The van der Waals surface area contributed by atoms with E-state index in [1.54, 1.807) is 0 Å². The molecule has 7 heteroatoms. The highest BCUT2D eigenvalue weighted by Gasteiger charge is 2.51. The number of carbonyl (C=O) groups is 2. The first kappa shape index (κ1) is 23.4. The molecule has 3 aliphatic heterocycles. The second kappa shape index (κ2) is 9.60. The highest BCUT2D eigenvalue weighted by Crippen LogP contribution is 2.53. The molecule has 2 fully saturated rings. The van der Waals surface area contributed by atoms with Gasteiger partial charge in [-0.05, 0) is 57.7 Å². The van der Waals surface area contributed by atoms with Crippen molar-refractivity contribution in [2.24, 2.45) is 11.8 Å². The lowest BCUT2D eigenvalue weighted by Crippen LogP contribution is -2.55.